The molecule has 4 heteroatoms. The second kappa shape index (κ2) is 7.28. The second-order valence-corrected chi connectivity index (χ2v) is 6.96. The molecule has 4 nitrogen and oxygen atoms in total. The van der Waals surface area contributed by atoms with E-state index in [1.165, 1.54) is 12.8 Å². The second-order valence-electron chi connectivity index (χ2n) is 6.96. The number of amides is 1. The molecule has 0 aromatic heterocycles. The quantitative estimate of drug-likeness (QED) is 0.875. The summed E-state index contributed by atoms with van der Waals surface area (Å²) in [6.07, 6.45) is 3.51. The molecule has 0 unspecified atom stereocenters. The van der Waals surface area contributed by atoms with Gasteiger partial charge in [0.15, 0.2) is 0 Å². The lowest BCUT2D eigenvalue weighted by Crippen LogP contribution is -2.43. The average molecular weight is 336 g/mol. The van der Waals surface area contributed by atoms with E-state index in [1.54, 1.807) is 0 Å². The van der Waals surface area contributed by atoms with Gasteiger partial charge in [-0.25, -0.2) is 0 Å². The van der Waals surface area contributed by atoms with Gasteiger partial charge in [0.1, 0.15) is 11.5 Å². The highest BCUT2D eigenvalue weighted by atomic mass is 16.5. The van der Waals surface area contributed by atoms with Gasteiger partial charge in [-0.1, -0.05) is 30.3 Å². The minimum absolute atomic E-state index is 0.0899. The van der Waals surface area contributed by atoms with E-state index in [2.05, 4.69) is 10.2 Å². The molecule has 0 spiro atoms. The van der Waals surface area contributed by atoms with Gasteiger partial charge in [0.25, 0.3) is 5.91 Å². The van der Waals surface area contributed by atoms with Crippen LogP contribution in [0.15, 0.2) is 54.6 Å². The summed E-state index contributed by atoms with van der Waals surface area (Å²) in [6, 6.07) is 17.5. The Balaban J connectivity index is 1.59. The van der Waals surface area contributed by atoms with Crippen LogP contribution in [-0.2, 0) is 0 Å². The number of nitrogens with zero attached hydrogens (tertiary/aromatic N) is 1. The van der Waals surface area contributed by atoms with Crippen molar-refractivity contribution >= 4 is 5.91 Å². The van der Waals surface area contributed by atoms with Crippen LogP contribution in [0, 0.1) is 5.92 Å². The van der Waals surface area contributed by atoms with Crippen molar-refractivity contribution in [2.45, 2.75) is 25.3 Å². The predicted molar refractivity (Wildman–Crippen MR) is 98.0 cm³/mol. The first kappa shape index (κ1) is 16.2. The normalized spacial score (nSPS) is 19.6. The molecule has 25 heavy (non-hydrogen) atoms. The van der Waals surface area contributed by atoms with Gasteiger partial charge >= 0.3 is 0 Å². The lowest BCUT2D eigenvalue weighted by atomic mass is 10.1. The number of para-hydroxylation sites is 2. The smallest absolute Gasteiger partial charge is 0.257 e. The van der Waals surface area contributed by atoms with Gasteiger partial charge < -0.3 is 15.0 Å². The van der Waals surface area contributed by atoms with Crippen LogP contribution in [0.5, 0.6) is 11.5 Å². The van der Waals surface area contributed by atoms with Crippen LogP contribution < -0.4 is 10.1 Å². The highest BCUT2D eigenvalue weighted by molar-refractivity contribution is 5.97. The van der Waals surface area contributed by atoms with Crippen molar-refractivity contribution in [2.24, 2.45) is 5.92 Å². The molecule has 1 atom stereocenters. The zero-order chi connectivity index (χ0) is 17.1. The number of rotatable bonds is 6. The molecule has 1 aliphatic heterocycles. The van der Waals surface area contributed by atoms with Gasteiger partial charge in [0.2, 0.25) is 0 Å². The summed E-state index contributed by atoms with van der Waals surface area (Å²) in [7, 11) is 0. The minimum Gasteiger partial charge on any atom is -0.457 e. The van der Waals surface area contributed by atoms with Crippen molar-refractivity contribution in [1.82, 2.24) is 10.2 Å². The Morgan fingerprint density at radius 2 is 1.80 bits per heavy atom. The third-order valence-electron chi connectivity index (χ3n) is 4.98. The van der Waals surface area contributed by atoms with E-state index in [9.17, 15) is 4.79 Å². The molecule has 2 aromatic carbocycles. The van der Waals surface area contributed by atoms with Crippen LogP contribution in [0.3, 0.4) is 0 Å². The predicted octanol–water partition coefficient (Wildman–Crippen LogP) is 3.69. The molecule has 1 aliphatic carbocycles. The van der Waals surface area contributed by atoms with E-state index in [1.807, 2.05) is 54.6 Å². The molecule has 2 fully saturated rings. The molecule has 1 saturated carbocycles. The van der Waals surface area contributed by atoms with Crippen LogP contribution in [0.1, 0.15) is 29.6 Å². The molecule has 130 valence electrons. The van der Waals surface area contributed by atoms with Crippen LogP contribution in [0.2, 0.25) is 0 Å². The van der Waals surface area contributed by atoms with Gasteiger partial charge in [-0.15, -0.1) is 0 Å². The highest BCUT2D eigenvalue weighted by Crippen LogP contribution is 2.33. The SMILES string of the molecule is O=C(c1ccccc1Oc1ccccc1)N(CC1CC1)[C@H]1CCNC1. The number of carbonyl (C=O) groups is 1. The first-order valence-electron chi connectivity index (χ1n) is 9.15. The number of benzene rings is 2. The number of carbonyl (C=O) groups excluding carboxylic acids is 1. The summed E-state index contributed by atoms with van der Waals surface area (Å²) in [5, 5.41) is 3.38. The van der Waals surface area contributed by atoms with Crippen molar-refractivity contribution in [3.05, 3.63) is 60.2 Å². The van der Waals surface area contributed by atoms with Gasteiger partial charge in [-0.05, 0) is 56.0 Å². The molecular formula is C21H24N2O2. The van der Waals surface area contributed by atoms with E-state index in [0.29, 0.717) is 17.2 Å². The molecule has 1 N–H and O–H groups in total. The first-order valence-corrected chi connectivity index (χ1v) is 9.15. The summed E-state index contributed by atoms with van der Waals surface area (Å²) >= 11 is 0. The fraction of sp³-hybridized carbons (Fsp3) is 0.381. The lowest BCUT2D eigenvalue weighted by Gasteiger charge is -2.29. The van der Waals surface area contributed by atoms with Crippen molar-refractivity contribution in [3.8, 4) is 11.5 Å². The monoisotopic (exact) mass is 336 g/mol. The minimum atomic E-state index is 0.0899. The third kappa shape index (κ3) is 3.85. The molecule has 1 heterocycles. The number of ether oxygens (including phenoxy) is 1. The van der Waals surface area contributed by atoms with Crippen molar-refractivity contribution < 1.29 is 9.53 Å². The first-order chi connectivity index (χ1) is 12.3. The van der Waals surface area contributed by atoms with E-state index in [0.717, 1.165) is 31.8 Å². The molecule has 2 aromatic rings. The summed E-state index contributed by atoms with van der Waals surface area (Å²) < 4.78 is 6.00. The van der Waals surface area contributed by atoms with E-state index >= 15 is 0 Å². The Morgan fingerprint density at radius 3 is 2.52 bits per heavy atom. The number of hydrogen-bond acceptors (Lipinski definition) is 3. The fourth-order valence-electron chi connectivity index (χ4n) is 3.38. The molecule has 2 aliphatic rings. The Labute approximate surface area is 148 Å². The number of nitrogens with one attached hydrogen (secondary N) is 1. The van der Waals surface area contributed by atoms with Crippen LogP contribution in [0.4, 0.5) is 0 Å². The molecule has 0 bridgehead atoms. The Bertz CT molecular complexity index is 722. The largest absolute Gasteiger partial charge is 0.457 e. The molecule has 0 radical (unpaired) electrons. The van der Waals surface area contributed by atoms with Crippen LogP contribution >= 0.6 is 0 Å². The summed E-state index contributed by atoms with van der Waals surface area (Å²) in [5.74, 6) is 2.14. The van der Waals surface area contributed by atoms with Crippen molar-refractivity contribution in [3.63, 3.8) is 0 Å². The van der Waals surface area contributed by atoms with Gasteiger partial charge in [0.05, 0.1) is 5.56 Å². The van der Waals surface area contributed by atoms with E-state index in [4.69, 9.17) is 4.74 Å². The van der Waals surface area contributed by atoms with E-state index in [-0.39, 0.29) is 11.9 Å². The molecule has 4 rings (SSSR count). The maximum Gasteiger partial charge on any atom is 0.257 e. The molecule has 1 amide bonds. The fourth-order valence-corrected chi connectivity index (χ4v) is 3.38. The molecule has 1 saturated heterocycles. The zero-order valence-electron chi connectivity index (χ0n) is 14.4. The van der Waals surface area contributed by atoms with Gasteiger partial charge in [-0.3, -0.25) is 4.79 Å². The standard InChI is InChI=1S/C21H24N2O2/c24-21(23(15-16-10-11-16)17-12-13-22-14-17)19-8-4-5-9-20(19)25-18-6-2-1-3-7-18/h1-9,16-17,22H,10-15H2/t17-/m0/s1. The summed E-state index contributed by atoms with van der Waals surface area (Å²) in [4.78, 5) is 15.4. The van der Waals surface area contributed by atoms with Crippen molar-refractivity contribution in [2.75, 3.05) is 19.6 Å². The van der Waals surface area contributed by atoms with Gasteiger partial charge in [0, 0.05) is 19.1 Å². The number of hydrogen-bond donors (Lipinski definition) is 1. The maximum absolute atomic E-state index is 13.3. The Kier molecular flexibility index (Phi) is 4.70. The Hall–Kier alpha value is -2.33. The lowest BCUT2D eigenvalue weighted by molar-refractivity contribution is 0.0679. The van der Waals surface area contributed by atoms with Crippen LogP contribution in [0.25, 0.3) is 0 Å². The topological polar surface area (TPSA) is 41.6 Å². The van der Waals surface area contributed by atoms with Gasteiger partial charge in [-0.2, -0.15) is 0 Å². The maximum atomic E-state index is 13.3. The summed E-state index contributed by atoms with van der Waals surface area (Å²) in [6.45, 7) is 2.74. The average Bonchev–Trinajstić information content (AvgIpc) is 3.31. The highest BCUT2D eigenvalue weighted by Gasteiger charge is 2.33. The zero-order valence-corrected chi connectivity index (χ0v) is 14.4. The van der Waals surface area contributed by atoms with E-state index < -0.39 is 0 Å². The summed E-state index contributed by atoms with van der Waals surface area (Å²) in [5.41, 5.74) is 0.652. The van der Waals surface area contributed by atoms with Crippen LogP contribution in [-0.4, -0.2) is 36.5 Å². The molecular weight excluding hydrogens is 312 g/mol. The van der Waals surface area contributed by atoms with Crippen molar-refractivity contribution in [1.29, 1.82) is 0 Å². The Morgan fingerprint density at radius 1 is 1.04 bits per heavy atom. The third-order valence-corrected chi connectivity index (χ3v) is 4.98.